The monoisotopic (exact) mass is 1010 g/mol. The molecule has 0 amide bonds. The first-order valence-corrected chi connectivity index (χ1v) is 30.8. The van der Waals surface area contributed by atoms with E-state index in [0.717, 1.165) is 91.1 Å². The molecular formula is C65H77NO7Si. The SMILES string of the molecule is C=C(C)C(=O)OCCOCCOCCOc1ccc(C2(c3ccccc3)C=Cc3c4c(c5cc(N6CCCCC6)c(OC)cc5c3O2)-c2ccc(-c3ccc([Si](C)(C)C)cc3)cc2C4(CCCC)CCCC)cc1. The van der Waals surface area contributed by atoms with Crippen LogP contribution < -0.4 is 24.3 Å². The van der Waals surface area contributed by atoms with Gasteiger partial charge in [-0.2, -0.15) is 0 Å². The number of methoxy groups -OCH3 is 1. The minimum absolute atomic E-state index is 0.181. The smallest absolute Gasteiger partial charge is 0.333 e. The molecule has 2 heterocycles. The number of benzene rings is 6. The Labute approximate surface area is 441 Å². The molecule has 0 radical (unpaired) electrons. The van der Waals surface area contributed by atoms with Crippen LogP contribution in [-0.4, -0.2) is 73.9 Å². The molecule has 1 unspecified atom stereocenters. The zero-order valence-electron chi connectivity index (χ0n) is 45.1. The highest BCUT2D eigenvalue weighted by Gasteiger charge is 2.48. The van der Waals surface area contributed by atoms with Crippen molar-refractivity contribution in [3.05, 3.63) is 155 Å². The van der Waals surface area contributed by atoms with Gasteiger partial charge in [0.25, 0.3) is 0 Å². The van der Waals surface area contributed by atoms with E-state index in [9.17, 15) is 4.79 Å². The lowest BCUT2D eigenvalue weighted by atomic mass is 9.68. The van der Waals surface area contributed by atoms with Crippen LogP contribution in [0.4, 0.5) is 5.69 Å². The molecule has 1 saturated heterocycles. The molecule has 6 aromatic carbocycles. The number of piperidine rings is 1. The zero-order chi connectivity index (χ0) is 51.9. The highest BCUT2D eigenvalue weighted by Crippen LogP contribution is 2.62. The Bertz CT molecular complexity index is 2940. The van der Waals surface area contributed by atoms with Gasteiger partial charge in [-0.05, 0) is 114 Å². The molecule has 9 rings (SSSR count). The Morgan fingerprint density at radius 1 is 0.730 bits per heavy atom. The van der Waals surface area contributed by atoms with Crippen molar-refractivity contribution < 1.29 is 33.2 Å². The Morgan fingerprint density at radius 3 is 2.03 bits per heavy atom. The fourth-order valence-electron chi connectivity index (χ4n) is 11.5. The molecule has 1 atom stereocenters. The first-order valence-electron chi connectivity index (χ1n) is 27.3. The first-order chi connectivity index (χ1) is 35.9. The molecule has 74 heavy (non-hydrogen) atoms. The van der Waals surface area contributed by atoms with E-state index in [-0.39, 0.29) is 12.0 Å². The number of ether oxygens (including phenoxy) is 6. The summed E-state index contributed by atoms with van der Waals surface area (Å²) in [6.45, 7) is 21.3. The fraction of sp³-hybridized carbons (Fsp3) is 0.400. The number of esters is 1. The Hall–Kier alpha value is -6.13. The van der Waals surface area contributed by atoms with Crippen LogP contribution in [0.5, 0.6) is 17.2 Å². The van der Waals surface area contributed by atoms with Gasteiger partial charge in [-0.3, -0.25) is 0 Å². The van der Waals surface area contributed by atoms with Gasteiger partial charge in [-0.1, -0.05) is 156 Å². The predicted octanol–water partition coefficient (Wildman–Crippen LogP) is 14.6. The maximum atomic E-state index is 11.6. The van der Waals surface area contributed by atoms with Gasteiger partial charge in [0.15, 0.2) is 5.60 Å². The van der Waals surface area contributed by atoms with Crippen LogP contribution in [0.15, 0.2) is 127 Å². The Kier molecular flexibility index (Phi) is 16.5. The average molecular weight is 1010 g/mol. The normalized spacial score (nSPS) is 16.6. The zero-order valence-corrected chi connectivity index (χ0v) is 46.1. The van der Waals surface area contributed by atoms with Crippen molar-refractivity contribution in [3.63, 3.8) is 0 Å². The largest absolute Gasteiger partial charge is 0.495 e. The lowest BCUT2D eigenvalue weighted by Gasteiger charge is -2.40. The van der Waals surface area contributed by atoms with Crippen molar-refractivity contribution >= 4 is 41.8 Å². The molecule has 8 nitrogen and oxygen atoms in total. The quantitative estimate of drug-likeness (QED) is 0.0272. The average Bonchev–Trinajstić information content (AvgIpc) is 3.73. The minimum atomic E-state index is -1.46. The fourth-order valence-corrected chi connectivity index (χ4v) is 12.7. The second-order valence-electron chi connectivity index (χ2n) is 21.5. The van der Waals surface area contributed by atoms with Crippen LogP contribution in [0.25, 0.3) is 39.1 Å². The summed E-state index contributed by atoms with van der Waals surface area (Å²) in [5, 5.41) is 3.77. The molecule has 0 spiro atoms. The van der Waals surface area contributed by atoms with Gasteiger partial charge in [0.1, 0.15) is 30.5 Å². The number of hydrogen-bond acceptors (Lipinski definition) is 8. The van der Waals surface area contributed by atoms with E-state index in [0.29, 0.717) is 38.6 Å². The number of hydrogen-bond donors (Lipinski definition) is 0. The van der Waals surface area contributed by atoms with Crippen LogP contribution in [0.3, 0.4) is 0 Å². The van der Waals surface area contributed by atoms with Gasteiger partial charge in [-0.15, -0.1) is 0 Å². The Morgan fingerprint density at radius 2 is 1.38 bits per heavy atom. The molecule has 0 N–H and O–H groups in total. The number of nitrogens with zero attached hydrogens (tertiary/aromatic N) is 1. The topological polar surface area (TPSA) is 75.7 Å². The van der Waals surface area contributed by atoms with E-state index in [2.05, 4.69) is 154 Å². The lowest BCUT2D eigenvalue weighted by molar-refractivity contribution is -0.140. The molecule has 3 aliphatic rings. The van der Waals surface area contributed by atoms with Crippen molar-refractivity contribution in [2.75, 3.05) is 64.7 Å². The van der Waals surface area contributed by atoms with E-state index in [4.69, 9.17) is 28.4 Å². The summed E-state index contributed by atoms with van der Waals surface area (Å²) in [5.74, 6) is 2.11. The number of rotatable bonds is 23. The maximum absolute atomic E-state index is 11.6. The van der Waals surface area contributed by atoms with Crippen LogP contribution >= 0.6 is 0 Å². The van der Waals surface area contributed by atoms with Gasteiger partial charge < -0.3 is 33.3 Å². The standard InChI is InChI=1S/C65H77NO7Si/c1-9-11-32-64(33-12-10-2)57-43-48(47-21-28-52(29-22-47)74(6,7)8)23-30-53(57)60-55-44-58(66-35-17-14-18-36-66)59(68-5)45-56(55)62-54(61(60)64)31-34-65(73-62,49-19-15-13-16-20-49)50-24-26-51(27-25-50)71-41-39-69-37-38-70-40-42-72-63(67)46(3)4/h13,15-16,19-31,34,43-45H,3,9-12,14,17-18,32-33,35-42H2,1-2,4-8H3. The molecular weight excluding hydrogens is 935 g/mol. The second-order valence-corrected chi connectivity index (χ2v) is 26.6. The highest BCUT2D eigenvalue weighted by atomic mass is 28.3. The van der Waals surface area contributed by atoms with Crippen molar-refractivity contribution in [2.24, 2.45) is 0 Å². The molecule has 0 saturated carbocycles. The van der Waals surface area contributed by atoms with Gasteiger partial charge in [0.2, 0.25) is 0 Å². The molecule has 2 aliphatic heterocycles. The number of unbranched alkanes of at least 4 members (excludes halogenated alkanes) is 2. The molecule has 0 bridgehead atoms. The molecule has 6 aromatic rings. The summed E-state index contributed by atoms with van der Waals surface area (Å²) in [6, 6.07) is 40.6. The summed E-state index contributed by atoms with van der Waals surface area (Å²) in [6.07, 6.45) is 14.9. The summed E-state index contributed by atoms with van der Waals surface area (Å²) in [5.41, 5.74) is 11.7. The third kappa shape index (κ3) is 10.7. The number of carbonyl (C=O) groups excluding carboxylic acids is 1. The van der Waals surface area contributed by atoms with Gasteiger partial charge >= 0.3 is 5.97 Å². The van der Waals surface area contributed by atoms with Crippen LogP contribution in [0, 0.1) is 0 Å². The van der Waals surface area contributed by atoms with E-state index in [1.54, 1.807) is 6.92 Å². The van der Waals surface area contributed by atoms with Crippen LogP contribution in [0.1, 0.15) is 106 Å². The third-order valence-corrected chi connectivity index (χ3v) is 17.6. The number of carbonyl (C=O) groups is 1. The van der Waals surface area contributed by atoms with E-state index in [1.807, 2.05) is 19.2 Å². The summed E-state index contributed by atoms with van der Waals surface area (Å²) in [7, 11) is 0.354. The van der Waals surface area contributed by atoms with E-state index in [1.165, 1.54) is 68.8 Å². The first kappa shape index (κ1) is 52.7. The third-order valence-electron chi connectivity index (χ3n) is 15.5. The number of fused-ring (bicyclic) bond motifs is 8. The summed E-state index contributed by atoms with van der Waals surface area (Å²) >= 11 is 0. The molecule has 0 aromatic heterocycles. The minimum Gasteiger partial charge on any atom is -0.495 e. The van der Waals surface area contributed by atoms with Crippen LogP contribution in [0.2, 0.25) is 19.6 Å². The molecule has 9 heteroatoms. The van der Waals surface area contributed by atoms with E-state index < -0.39 is 19.6 Å². The van der Waals surface area contributed by atoms with Gasteiger partial charge in [-0.25, -0.2) is 4.79 Å². The lowest BCUT2D eigenvalue weighted by Crippen LogP contribution is -2.37. The van der Waals surface area contributed by atoms with Gasteiger partial charge in [0, 0.05) is 46.2 Å². The predicted molar refractivity (Wildman–Crippen MR) is 306 cm³/mol. The molecule has 1 aliphatic carbocycles. The molecule has 388 valence electrons. The summed E-state index contributed by atoms with van der Waals surface area (Å²) in [4.78, 5) is 14.1. The van der Waals surface area contributed by atoms with Crippen molar-refractivity contribution in [1.29, 1.82) is 0 Å². The van der Waals surface area contributed by atoms with Crippen molar-refractivity contribution in [3.8, 4) is 39.5 Å². The maximum Gasteiger partial charge on any atom is 0.333 e. The van der Waals surface area contributed by atoms with Gasteiger partial charge in [0.05, 0.1) is 47.3 Å². The number of anilines is 1. The Balaban J connectivity index is 1.13. The highest BCUT2D eigenvalue weighted by molar-refractivity contribution is 6.88. The van der Waals surface area contributed by atoms with E-state index >= 15 is 0 Å². The summed E-state index contributed by atoms with van der Waals surface area (Å²) < 4.78 is 36.9. The van der Waals surface area contributed by atoms with Crippen molar-refractivity contribution in [1.82, 2.24) is 0 Å². The van der Waals surface area contributed by atoms with Crippen LogP contribution in [-0.2, 0) is 30.0 Å². The molecule has 1 fully saturated rings. The second kappa shape index (κ2) is 23.2. The van der Waals surface area contributed by atoms with Crippen molar-refractivity contribution in [2.45, 2.75) is 109 Å².